The number of nitrogens with one attached hydrogen (secondary N) is 2. The minimum atomic E-state index is -0.273. The van der Waals surface area contributed by atoms with E-state index in [1.165, 1.54) is 6.33 Å². The molecule has 0 aliphatic carbocycles. The lowest BCUT2D eigenvalue weighted by Crippen LogP contribution is -2.39. The van der Waals surface area contributed by atoms with Crippen molar-refractivity contribution in [3.05, 3.63) is 48.9 Å². The van der Waals surface area contributed by atoms with Crippen LogP contribution in [0, 0.1) is 0 Å². The first-order chi connectivity index (χ1) is 14.1. The van der Waals surface area contributed by atoms with Crippen LogP contribution in [-0.4, -0.2) is 57.8 Å². The molecule has 2 aromatic heterocycles. The number of likely N-dealkylation sites (tertiary alicyclic amines) is 1. The lowest BCUT2D eigenvalue weighted by Gasteiger charge is -2.14. The molecule has 1 aliphatic rings. The Morgan fingerprint density at radius 2 is 2.14 bits per heavy atom. The van der Waals surface area contributed by atoms with E-state index in [0.29, 0.717) is 41.7 Å². The highest BCUT2D eigenvalue weighted by molar-refractivity contribution is 5.89. The zero-order chi connectivity index (χ0) is 20.2. The SMILES string of the molecule is COc1cccc(NC(=O)N[C@H]2C[C@@H](c3nc(-c4cncnc4)no3)N(C)C2)c1. The third-order valence-corrected chi connectivity index (χ3v) is 4.76. The third kappa shape index (κ3) is 4.32. The second-order valence-corrected chi connectivity index (χ2v) is 6.80. The Bertz CT molecular complexity index is 979. The molecule has 0 radical (unpaired) electrons. The number of methoxy groups -OCH3 is 1. The largest absolute Gasteiger partial charge is 0.497 e. The number of hydrogen-bond donors (Lipinski definition) is 2. The van der Waals surface area contributed by atoms with E-state index >= 15 is 0 Å². The van der Waals surface area contributed by atoms with Crippen LogP contribution in [0.15, 0.2) is 47.5 Å². The van der Waals surface area contributed by atoms with Crippen molar-refractivity contribution in [1.29, 1.82) is 0 Å². The van der Waals surface area contributed by atoms with Crippen LogP contribution in [0.4, 0.5) is 10.5 Å². The van der Waals surface area contributed by atoms with Gasteiger partial charge in [0.15, 0.2) is 0 Å². The van der Waals surface area contributed by atoms with Gasteiger partial charge in [-0.1, -0.05) is 11.2 Å². The van der Waals surface area contributed by atoms with E-state index in [2.05, 4.69) is 35.6 Å². The summed E-state index contributed by atoms with van der Waals surface area (Å²) in [6.45, 7) is 0.669. The molecule has 150 valence electrons. The topological polar surface area (TPSA) is 118 Å². The number of amides is 2. The molecule has 10 heteroatoms. The molecule has 0 spiro atoms. The van der Waals surface area contributed by atoms with Crippen LogP contribution >= 0.6 is 0 Å². The average molecular weight is 395 g/mol. The van der Waals surface area contributed by atoms with E-state index in [1.54, 1.807) is 31.6 Å². The summed E-state index contributed by atoms with van der Waals surface area (Å²) in [5.74, 6) is 1.63. The fourth-order valence-electron chi connectivity index (χ4n) is 3.35. The number of urea groups is 1. The number of benzene rings is 1. The summed E-state index contributed by atoms with van der Waals surface area (Å²) in [4.78, 5) is 26.8. The monoisotopic (exact) mass is 395 g/mol. The van der Waals surface area contributed by atoms with Gasteiger partial charge in [0.05, 0.1) is 18.7 Å². The van der Waals surface area contributed by atoms with Crippen LogP contribution in [0.25, 0.3) is 11.4 Å². The smallest absolute Gasteiger partial charge is 0.319 e. The van der Waals surface area contributed by atoms with Crippen molar-refractivity contribution in [2.24, 2.45) is 0 Å². The van der Waals surface area contributed by atoms with Crippen LogP contribution in [0.2, 0.25) is 0 Å². The molecule has 0 saturated carbocycles. The number of ether oxygens (including phenoxy) is 1. The predicted octanol–water partition coefficient (Wildman–Crippen LogP) is 2.10. The van der Waals surface area contributed by atoms with Crippen LogP contribution in [0.1, 0.15) is 18.4 Å². The molecule has 1 fully saturated rings. The van der Waals surface area contributed by atoms with Crippen molar-refractivity contribution in [3.63, 3.8) is 0 Å². The summed E-state index contributed by atoms with van der Waals surface area (Å²) in [7, 11) is 3.54. The highest BCUT2D eigenvalue weighted by Crippen LogP contribution is 2.30. The quantitative estimate of drug-likeness (QED) is 0.674. The molecule has 1 aliphatic heterocycles. The van der Waals surface area contributed by atoms with E-state index in [1.807, 2.05) is 19.2 Å². The zero-order valence-electron chi connectivity index (χ0n) is 16.1. The Balaban J connectivity index is 1.37. The molecule has 29 heavy (non-hydrogen) atoms. The first kappa shape index (κ1) is 18.8. The van der Waals surface area contributed by atoms with Gasteiger partial charge in [0, 0.05) is 36.7 Å². The standard InChI is InChI=1S/C19H21N7O3/c1-26-10-14(23-19(27)22-13-4-3-5-15(6-13)28-2)7-16(26)18-24-17(25-29-18)12-8-20-11-21-9-12/h3-6,8-9,11,14,16H,7,10H2,1-2H3,(H2,22,23,27)/t14-,16-/m0/s1. The maximum absolute atomic E-state index is 12.4. The van der Waals surface area contributed by atoms with Gasteiger partial charge in [0.1, 0.15) is 12.1 Å². The molecule has 4 rings (SSSR count). The number of hydrogen-bond acceptors (Lipinski definition) is 8. The molecule has 0 bridgehead atoms. The Kier molecular flexibility index (Phi) is 5.34. The summed E-state index contributed by atoms with van der Waals surface area (Å²) in [6.07, 6.45) is 5.37. The number of carbonyl (C=O) groups excluding carboxylic acids is 1. The van der Waals surface area contributed by atoms with E-state index in [4.69, 9.17) is 9.26 Å². The van der Waals surface area contributed by atoms with Gasteiger partial charge in [0.2, 0.25) is 11.7 Å². The Morgan fingerprint density at radius 3 is 2.93 bits per heavy atom. The lowest BCUT2D eigenvalue weighted by molar-refractivity contribution is 0.243. The second kappa shape index (κ2) is 8.23. The number of rotatable bonds is 5. The van der Waals surface area contributed by atoms with Crippen LogP contribution < -0.4 is 15.4 Å². The van der Waals surface area contributed by atoms with Gasteiger partial charge >= 0.3 is 6.03 Å². The summed E-state index contributed by atoms with van der Waals surface area (Å²) < 4.78 is 10.6. The number of carbonyl (C=O) groups is 1. The van der Waals surface area contributed by atoms with Crippen molar-refractivity contribution in [2.75, 3.05) is 26.0 Å². The Hall–Kier alpha value is -3.53. The first-order valence-corrected chi connectivity index (χ1v) is 9.13. The van der Waals surface area contributed by atoms with Crippen molar-refractivity contribution >= 4 is 11.7 Å². The number of anilines is 1. The van der Waals surface area contributed by atoms with Crippen molar-refractivity contribution in [3.8, 4) is 17.1 Å². The lowest BCUT2D eigenvalue weighted by atomic mass is 10.1. The molecular formula is C19H21N7O3. The molecule has 3 heterocycles. The van der Waals surface area contributed by atoms with Gasteiger partial charge in [-0.2, -0.15) is 4.98 Å². The van der Waals surface area contributed by atoms with Gasteiger partial charge < -0.3 is 19.9 Å². The van der Waals surface area contributed by atoms with Crippen molar-refractivity contribution < 1.29 is 14.1 Å². The van der Waals surface area contributed by atoms with E-state index in [0.717, 1.165) is 0 Å². The zero-order valence-corrected chi connectivity index (χ0v) is 16.1. The van der Waals surface area contributed by atoms with E-state index in [9.17, 15) is 4.79 Å². The van der Waals surface area contributed by atoms with Gasteiger partial charge in [-0.15, -0.1) is 0 Å². The predicted molar refractivity (Wildman–Crippen MR) is 104 cm³/mol. The maximum atomic E-state index is 12.4. The molecule has 1 saturated heterocycles. The molecular weight excluding hydrogens is 374 g/mol. The highest BCUT2D eigenvalue weighted by atomic mass is 16.5. The summed E-state index contributed by atoms with van der Waals surface area (Å²) >= 11 is 0. The van der Waals surface area contributed by atoms with E-state index in [-0.39, 0.29) is 18.1 Å². The molecule has 2 N–H and O–H groups in total. The maximum Gasteiger partial charge on any atom is 0.319 e. The van der Waals surface area contributed by atoms with Crippen LogP contribution in [0.5, 0.6) is 5.75 Å². The number of likely N-dealkylation sites (N-methyl/N-ethyl adjacent to an activating group) is 1. The summed E-state index contributed by atoms with van der Waals surface area (Å²) in [5.41, 5.74) is 1.35. The normalized spacial score (nSPS) is 19.1. The molecule has 1 aromatic carbocycles. The van der Waals surface area contributed by atoms with Crippen molar-refractivity contribution in [1.82, 2.24) is 30.3 Å². The highest BCUT2D eigenvalue weighted by Gasteiger charge is 2.35. The Morgan fingerprint density at radius 1 is 1.31 bits per heavy atom. The first-order valence-electron chi connectivity index (χ1n) is 9.13. The molecule has 0 unspecified atom stereocenters. The minimum Gasteiger partial charge on any atom is -0.497 e. The van der Waals surface area contributed by atoms with Gasteiger partial charge in [-0.05, 0) is 25.6 Å². The summed E-state index contributed by atoms with van der Waals surface area (Å²) in [5, 5.41) is 9.84. The fraction of sp³-hybridized carbons (Fsp3) is 0.316. The van der Waals surface area contributed by atoms with Gasteiger partial charge in [-0.25, -0.2) is 14.8 Å². The average Bonchev–Trinajstić information content (AvgIpc) is 3.35. The number of nitrogens with zero attached hydrogens (tertiary/aromatic N) is 5. The van der Waals surface area contributed by atoms with Crippen LogP contribution in [-0.2, 0) is 0 Å². The molecule has 10 nitrogen and oxygen atoms in total. The van der Waals surface area contributed by atoms with Crippen LogP contribution in [0.3, 0.4) is 0 Å². The second-order valence-electron chi connectivity index (χ2n) is 6.80. The molecule has 3 aromatic rings. The van der Waals surface area contributed by atoms with E-state index < -0.39 is 0 Å². The molecule has 2 amide bonds. The molecule has 2 atom stereocenters. The minimum absolute atomic E-state index is 0.0500. The van der Waals surface area contributed by atoms with Gasteiger partial charge in [-0.3, -0.25) is 4.90 Å². The van der Waals surface area contributed by atoms with Gasteiger partial charge in [0.25, 0.3) is 0 Å². The summed E-state index contributed by atoms with van der Waals surface area (Å²) in [6, 6.07) is 6.80. The third-order valence-electron chi connectivity index (χ3n) is 4.76. The Labute approximate surface area is 167 Å². The fourth-order valence-corrected chi connectivity index (χ4v) is 3.35. The number of aromatic nitrogens is 4. The van der Waals surface area contributed by atoms with Crippen molar-refractivity contribution in [2.45, 2.75) is 18.5 Å².